The van der Waals surface area contributed by atoms with Crippen molar-refractivity contribution in [1.29, 1.82) is 0 Å². The molecule has 6 nitrogen and oxygen atoms in total. The summed E-state index contributed by atoms with van der Waals surface area (Å²) < 4.78 is 1.79. The molecule has 100 valence electrons. The zero-order valence-corrected chi connectivity index (χ0v) is 10.5. The van der Waals surface area contributed by atoms with Crippen LogP contribution in [0, 0.1) is 5.92 Å². The lowest BCUT2D eigenvalue weighted by Gasteiger charge is -2.21. The van der Waals surface area contributed by atoms with Crippen molar-refractivity contribution >= 4 is 11.6 Å². The molecule has 2 aromatic rings. The fourth-order valence-electron chi connectivity index (χ4n) is 2.63. The topological polar surface area (TPSA) is 79.5 Å². The van der Waals surface area contributed by atoms with Gasteiger partial charge < -0.3 is 10.4 Å². The van der Waals surface area contributed by atoms with Crippen LogP contribution in [0.2, 0.25) is 0 Å². The number of hydrogen-bond acceptors (Lipinski definition) is 4. The summed E-state index contributed by atoms with van der Waals surface area (Å²) in [4.78, 5) is 11.1. The van der Waals surface area contributed by atoms with Gasteiger partial charge in [0.05, 0.1) is 0 Å². The van der Waals surface area contributed by atoms with Crippen molar-refractivity contribution in [1.82, 2.24) is 19.9 Å². The van der Waals surface area contributed by atoms with Crippen LogP contribution in [0.5, 0.6) is 0 Å². The Kier molecular flexibility index (Phi) is 3.16. The molecule has 1 unspecified atom stereocenters. The maximum atomic E-state index is 11.1. The summed E-state index contributed by atoms with van der Waals surface area (Å²) in [6.07, 6.45) is 5.02. The number of nitrogens with zero attached hydrogens (tertiary/aromatic N) is 3. The minimum atomic E-state index is -0.969. The smallest absolute Gasteiger partial charge is 0.339 e. The Balaban J connectivity index is 1.92. The summed E-state index contributed by atoms with van der Waals surface area (Å²) in [6, 6.07) is 3.28. The number of nitrogens with one attached hydrogen (secondary N) is 1. The molecule has 1 saturated heterocycles. The molecule has 6 heteroatoms. The summed E-state index contributed by atoms with van der Waals surface area (Å²) in [5.74, 6) is 0.422. The lowest BCUT2D eigenvalue weighted by Crippen LogP contribution is -2.31. The Bertz CT molecular complexity index is 602. The summed E-state index contributed by atoms with van der Waals surface area (Å²) in [5, 5.41) is 20.7. The number of aromatic carboxylic acids is 1. The minimum Gasteiger partial charge on any atom is -0.478 e. The summed E-state index contributed by atoms with van der Waals surface area (Å²) in [7, 11) is 0. The summed E-state index contributed by atoms with van der Waals surface area (Å²) in [6.45, 7) is 2.08. The average Bonchev–Trinajstić information content (AvgIpc) is 2.83. The van der Waals surface area contributed by atoms with Gasteiger partial charge >= 0.3 is 5.97 Å². The van der Waals surface area contributed by atoms with Crippen LogP contribution in [0.1, 0.15) is 29.0 Å². The van der Waals surface area contributed by atoms with E-state index in [1.165, 1.54) is 12.8 Å². The van der Waals surface area contributed by atoms with Crippen molar-refractivity contribution in [2.45, 2.75) is 19.3 Å². The highest BCUT2D eigenvalue weighted by Crippen LogP contribution is 2.17. The third-order valence-electron chi connectivity index (χ3n) is 3.61. The monoisotopic (exact) mass is 260 g/mol. The molecule has 1 fully saturated rings. The van der Waals surface area contributed by atoms with Crippen molar-refractivity contribution in [3.8, 4) is 0 Å². The fraction of sp³-hybridized carbons (Fsp3) is 0.462. The van der Waals surface area contributed by atoms with Crippen LogP contribution in [0.4, 0.5) is 0 Å². The number of carboxylic acids is 1. The normalized spacial score (nSPS) is 19.7. The third kappa shape index (κ3) is 2.31. The second-order valence-electron chi connectivity index (χ2n) is 4.95. The molecule has 1 atom stereocenters. The second kappa shape index (κ2) is 4.97. The standard InChI is InChI=1S/C13H16N4O2/c18-13(19)10-4-2-6-17-11(15-16-12(10)17)7-9-3-1-5-14-8-9/h2,4,6,9,14H,1,3,5,7-8H2,(H,18,19). The van der Waals surface area contributed by atoms with E-state index in [1.54, 1.807) is 16.5 Å². The molecule has 3 heterocycles. The SMILES string of the molecule is O=C(O)c1cccn2c(CC3CCCNC3)nnc12. The van der Waals surface area contributed by atoms with Gasteiger partial charge in [0.1, 0.15) is 11.4 Å². The maximum Gasteiger partial charge on any atom is 0.339 e. The van der Waals surface area contributed by atoms with E-state index in [0.29, 0.717) is 11.6 Å². The Morgan fingerprint density at radius 1 is 1.53 bits per heavy atom. The van der Waals surface area contributed by atoms with Gasteiger partial charge in [-0.1, -0.05) is 0 Å². The van der Waals surface area contributed by atoms with E-state index in [9.17, 15) is 4.79 Å². The molecule has 2 aromatic heterocycles. The molecule has 0 saturated carbocycles. The zero-order valence-electron chi connectivity index (χ0n) is 10.5. The van der Waals surface area contributed by atoms with E-state index in [2.05, 4.69) is 15.5 Å². The van der Waals surface area contributed by atoms with Crippen LogP contribution >= 0.6 is 0 Å². The number of carbonyl (C=O) groups is 1. The van der Waals surface area contributed by atoms with E-state index >= 15 is 0 Å². The highest BCUT2D eigenvalue weighted by molar-refractivity contribution is 5.94. The van der Waals surface area contributed by atoms with E-state index in [-0.39, 0.29) is 5.56 Å². The first-order valence-corrected chi connectivity index (χ1v) is 6.52. The van der Waals surface area contributed by atoms with Gasteiger partial charge in [0.25, 0.3) is 0 Å². The van der Waals surface area contributed by atoms with Crippen LogP contribution in [-0.4, -0.2) is 38.8 Å². The highest BCUT2D eigenvalue weighted by Gasteiger charge is 2.18. The second-order valence-corrected chi connectivity index (χ2v) is 4.95. The minimum absolute atomic E-state index is 0.197. The Morgan fingerprint density at radius 2 is 2.42 bits per heavy atom. The largest absolute Gasteiger partial charge is 0.478 e. The molecule has 2 N–H and O–H groups in total. The van der Waals surface area contributed by atoms with Gasteiger partial charge in [-0.25, -0.2) is 4.79 Å². The van der Waals surface area contributed by atoms with E-state index in [1.807, 2.05) is 6.20 Å². The molecular weight excluding hydrogens is 244 g/mol. The van der Waals surface area contributed by atoms with Crippen LogP contribution < -0.4 is 5.32 Å². The first-order chi connectivity index (χ1) is 9.25. The molecule has 3 rings (SSSR count). The lowest BCUT2D eigenvalue weighted by atomic mass is 9.96. The highest BCUT2D eigenvalue weighted by atomic mass is 16.4. The molecule has 0 bridgehead atoms. The van der Waals surface area contributed by atoms with Crippen molar-refractivity contribution in [2.24, 2.45) is 5.92 Å². The van der Waals surface area contributed by atoms with Gasteiger partial charge in [0.2, 0.25) is 0 Å². The predicted molar refractivity (Wildman–Crippen MR) is 69.2 cm³/mol. The molecule has 0 aromatic carbocycles. The van der Waals surface area contributed by atoms with Crippen molar-refractivity contribution in [2.75, 3.05) is 13.1 Å². The van der Waals surface area contributed by atoms with Gasteiger partial charge in [-0.15, -0.1) is 10.2 Å². The Hall–Kier alpha value is -1.95. The number of carboxylic acid groups (broad SMARTS) is 1. The lowest BCUT2D eigenvalue weighted by molar-refractivity contribution is 0.0698. The first kappa shape index (κ1) is 12.1. The number of rotatable bonds is 3. The van der Waals surface area contributed by atoms with Crippen LogP contribution in [0.15, 0.2) is 18.3 Å². The molecule has 1 aliphatic rings. The average molecular weight is 260 g/mol. The molecule has 0 aliphatic carbocycles. The molecule has 1 aliphatic heterocycles. The fourth-order valence-corrected chi connectivity index (χ4v) is 2.63. The van der Waals surface area contributed by atoms with Crippen molar-refractivity contribution in [3.05, 3.63) is 29.7 Å². The molecule has 0 radical (unpaired) electrons. The first-order valence-electron chi connectivity index (χ1n) is 6.52. The van der Waals surface area contributed by atoms with E-state index in [4.69, 9.17) is 5.11 Å². The van der Waals surface area contributed by atoms with E-state index in [0.717, 1.165) is 25.3 Å². The quantitative estimate of drug-likeness (QED) is 0.859. The third-order valence-corrected chi connectivity index (χ3v) is 3.61. The molecule has 0 spiro atoms. The van der Waals surface area contributed by atoms with Crippen molar-refractivity contribution < 1.29 is 9.90 Å². The van der Waals surface area contributed by atoms with E-state index < -0.39 is 5.97 Å². The Labute approximate surface area is 110 Å². The van der Waals surface area contributed by atoms with Crippen LogP contribution in [-0.2, 0) is 6.42 Å². The number of fused-ring (bicyclic) bond motifs is 1. The predicted octanol–water partition coefficient (Wildman–Crippen LogP) is 0.970. The summed E-state index contributed by atoms with van der Waals surface area (Å²) in [5.41, 5.74) is 0.622. The van der Waals surface area contributed by atoms with Crippen LogP contribution in [0.25, 0.3) is 5.65 Å². The number of piperidine rings is 1. The van der Waals surface area contributed by atoms with Crippen molar-refractivity contribution in [3.63, 3.8) is 0 Å². The zero-order chi connectivity index (χ0) is 13.2. The maximum absolute atomic E-state index is 11.1. The number of aromatic nitrogens is 3. The Morgan fingerprint density at radius 3 is 3.16 bits per heavy atom. The molecule has 19 heavy (non-hydrogen) atoms. The van der Waals surface area contributed by atoms with Gasteiger partial charge in [-0.2, -0.15) is 0 Å². The summed E-state index contributed by atoms with van der Waals surface area (Å²) >= 11 is 0. The molecular formula is C13H16N4O2. The van der Waals surface area contributed by atoms with Gasteiger partial charge in [0.15, 0.2) is 5.65 Å². The van der Waals surface area contributed by atoms with Gasteiger partial charge in [-0.05, 0) is 44.0 Å². The van der Waals surface area contributed by atoms with Crippen LogP contribution in [0.3, 0.4) is 0 Å². The van der Waals surface area contributed by atoms with Gasteiger partial charge in [0, 0.05) is 12.6 Å². The van der Waals surface area contributed by atoms with Gasteiger partial charge in [-0.3, -0.25) is 4.40 Å². The number of pyridine rings is 1. The molecule has 0 amide bonds. The number of hydrogen-bond donors (Lipinski definition) is 2.